The number of carbonyl (C=O) groups is 2. The highest BCUT2D eigenvalue weighted by Crippen LogP contribution is 2.17. The highest BCUT2D eigenvalue weighted by molar-refractivity contribution is 5.99. The predicted molar refractivity (Wildman–Crippen MR) is 87.6 cm³/mol. The Balaban J connectivity index is 4.54. The second-order valence-electron chi connectivity index (χ2n) is 7.02. The maximum absolute atomic E-state index is 12.2. The molecule has 0 aromatic heterocycles. The van der Waals surface area contributed by atoms with E-state index in [0.717, 1.165) is 19.3 Å². The van der Waals surface area contributed by atoms with E-state index >= 15 is 0 Å². The van der Waals surface area contributed by atoms with Gasteiger partial charge in [0.1, 0.15) is 6.54 Å². The Kier molecular flexibility index (Phi) is 9.21. The fourth-order valence-electron chi connectivity index (χ4n) is 2.47. The number of quaternary nitrogens is 1. The van der Waals surface area contributed by atoms with E-state index in [4.69, 9.17) is 5.11 Å². The van der Waals surface area contributed by atoms with Crippen molar-refractivity contribution in [1.82, 2.24) is 0 Å². The highest BCUT2D eigenvalue weighted by atomic mass is 16.4. The molecule has 2 N–H and O–H groups in total. The Bertz CT molecular complexity index is 385. The van der Waals surface area contributed by atoms with E-state index in [1.54, 1.807) is 6.08 Å². The van der Waals surface area contributed by atoms with Gasteiger partial charge in [0.2, 0.25) is 0 Å². The molecule has 22 heavy (non-hydrogen) atoms. The zero-order chi connectivity index (χ0) is 17.2. The van der Waals surface area contributed by atoms with E-state index in [1.807, 2.05) is 21.1 Å². The maximum Gasteiger partial charge on any atom is 0.307 e. The summed E-state index contributed by atoms with van der Waals surface area (Å²) in [5.41, 5.74) is -1.84. The van der Waals surface area contributed by atoms with E-state index in [2.05, 4.69) is 6.92 Å². The van der Waals surface area contributed by atoms with Gasteiger partial charge in [-0.3, -0.25) is 9.59 Å². The number of unbranched alkanes of at least 4 members (excludes halogenated alkanes) is 5. The minimum Gasteiger partial charge on any atom is -0.481 e. The van der Waals surface area contributed by atoms with Crippen LogP contribution in [0.2, 0.25) is 0 Å². The lowest BCUT2D eigenvalue weighted by molar-refractivity contribution is -0.875. The van der Waals surface area contributed by atoms with Crippen molar-refractivity contribution in [1.29, 1.82) is 0 Å². The second kappa shape index (κ2) is 9.74. The fourth-order valence-corrected chi connectivity index (χ4v) is 2.47. The summed E-state index contributed by atoms with van der Waals surface area (Å²) in [5.74, 6) is -1.69. The topological polar surface area (TPSA) is 74.6 Å². The maximum atomic E-state index is 12.2. The summed E-state index contributed by atoms with van der Waals surface area (Å²) in [4.78, 5) is 23.1. The zero-order valence-electron chi connectivity index (χ0n) is 14.5. The van der Waals surface area contributed by atoms with Gasteiger partial charge in [-0.25, -0.2) is 0 Å². The second-order valence-corrected chi connectivity index (χ2v) is 7.02. The van der Waals surface area contributed by atoms with Gasteiger partial charge in [-0.15, -0.1) is 0 Å². The van der Waals surface area contributed by atoms with Crippen molar-refractivity contribution in [2.45, 2.75) is 57.5 Å². The van der Waals surface area contributed by atoms with Crippen LogP contribution >= 0.6 is 0 Å². The number of nitrogens with zero attached hydrogens (tertiary/aromatic N) is 1. The molecule has 5 nitrogen and oxygen atoms in total. The molecule has 128 valence electrons. The quantitative estimate of drug-likeness (QED) is 0.329. The van der Waals surface area contributed by atoms with Crippen LogP contribution in [0.4, 0.5) is 0 Å². The molecule has 0 fully saturated rings. The zero-order valence-corrected chi connectivity index (χ0v) is 14.5. The Morgan fingerprint density at radius 2 is 1.68 bits per heavy atom. The molecule has 0 aromatic carbocycles. The molecule has 1 atom stereocenters. The molecule has 0 radical (unpaired) electrons. The lowest BCUT2D eigenvalue weighted by Gasteiger charge is -2.33. The Morgan fingerprint density at radius 1 is 1.09 bits per heavy atom. The molecule has 0 spiro atoms. The van der Waals surface area contributed by atoms with Crippen LogP contribution in [0.25, 0.3) is 0 Å². The molecule has 0 aromatic rings. The lowest BCUT2D eigenvalue weighted by Crippen LogP contribution is -2.54. The number of aliphatic carboxylic acids is 1. The van der Waals surface area contributed by atoms with Crippen LogP contribution in [0.1, 0.15) is 51.9 Å². The first-order valence-electron chi connectivity index (χ1n) is 8.06. The first kappa shape index (κ1) is 20.8. The van der Waals surface area contributed by atoms with Crippen LogP contribution in [0.15, 0.2) is 12.2 Å². The molecule has 0 amide bonds. The monoisotopic (exact) mass is 314 g/mol. The molecule has 0 rings (SSSR count). The Morgan fingerprint density at radius 3 is 2.18 bits per heavy atom. The van der Waals surface area contributed by atoms with Gasteiger partial charge in [-0.1, -0.05) is 38.7 Å². The number of aliphatic hydroxyl groups is 1. The molecule has 0 heterocycles. The third kappa shape index (κ3) is 9.68. The van der Waals surface area contributed by atoms with Gasteiger partial charge in [0.15, 0.2) is 11.4 Å². The van der Waals surface area contributed by atoms with Crippen LogP contribution < -0.4 is 0 Å². The van der Waals surface area contributed by atoms with E-state index in [0.29, 0.717) is 4.48 Å². The van der Waals surface area contributed by atoms with E-state index < -0.39 is 23.8 Å². The highest BCUT2D eigenvalue weighted by Gasteiger charge is 2.41. The summed E-state index contributed by atoms with van der Waals surface area (Å²) in [5, 5.41) is 19.4. The van der Waals surface area contributed by atoms with Crippen molar-refractivity contribution in [3.8, 4) is 0 Å². The summed E-state index contributed by atoms with van der Waals surface area (Å²) in [6.45, 7) is 2.23. The number of rotatable bonds is 12. The minimum absolute atomic E-state index is 0.0684. The largest absolute Gasteiger partial charge is 0.481 e. The van der Waals surface area contributed by atoms with Gasteiger partial charge in [0, 0.05) is 0 Å². The van der Waals surface area contributed by atoms with Gasteiger partial charge in [-0.05, 0) is 18.9 Å². The number of carbonyl (C=O) groups excluding carboxylic acids is 1. The summed E-state index contributed by atoms with van der Waals surface area (Å²) < 4.78 is 0.320. The number of hydrogen-bond donors (Lipinski definition) is 2. The van der Waals surface area contributed by atoms with Crippen molar-refractivity contribution < 1.29 is 24.3 Å². The molecule has 0 bridgehead atoms. The minimum atomic E-state index is -1.84. The number of allylic oxidation sites excluding steroid dienone is 1. The number of likely N-dealkylation sites (N-methyl/N-ethyl adjacent to an activating group) is 1. The number of carboxylic acids is 1. The molecular formula is C17H32NO4+. The molecule has 0 saturated carbocycles. The van der Waals surface area contributed by atoms with Gasteiger partial charge >= 0.3 is 5.97 Å². The van der Waals surface area contributed by atoms with Gasteiger partial charge in [0.25, 0.3) is 0 Å². The SMILES string of the molecule is CCCCCCCC=CC(=O)[C@@](O)(CC(=O)O)C[N+](C)(C)C. The van der Waals surface area contributed by atoms with Crippen LogP contribution in [-0.2, 0) is 9.59 Å². The molecule has 0 unspecified atom stereocenters. The fraction of sp³-hybridized carbons (Fsp3) is 0.765. The van der Waals surface area contributed by atoms with Gasteiger partial charge < -0.3 is 14.7 Å². The van der Waals surface area contributed by atoms with Crippen molar-refractivity contribution >= 4 is 11.8 Å². The Labute approximate surface area is 134 Å². The summed E-state index contributed by atoms with van der Waals surface area (Å²) in [6, 6.07) is 0. The number of hydrogen-bond acceptors (Lipinski definition) is 3. The third-order valence-electron chi connectivity index (χ3n) is 3.38. The third-order valence-corrected chi connectivity index (χ3v) is 3.38. The van der Waals surface area contributed by atoms with Crippen LogP contribution in [0.5, 0.6) is 0 Å². The van der Waals surface area contributed by atoms with Gasteiger partial charge in [-0.2, -0.15) is 0 Å². The molecule has 0 saturated heterocycles. The lowest BCUT2D eigenvalue weighted by atomic mass is 9.92. The normalized spacial score (nSPS) is 15.0. The first-order chi connectivity index (χ1) is 10.1. The van der Waals surface area contributed by atoms with Gasteiger partial charge in [0.05, 0.1) is 27.6 Å². The van der Waals surface area contributed by atoms with Crippen LogP contribution in [0.3, 0.4) is 0 Å². The average molecular weight is 314 g/mol. The smallest absolute Gasteiger partial charge is 0.307 e. The summed E-state index contributed by atoms with van der Waals surface area (Å²) >= 11 is 0. The molecule has 0 aliphatic rings. The van der Waals surface area contributed by atoms with E-state index in [-0.39, 0.29) is 6.54 Å². The summed E-state index contributed by atoms with van der Waals surface area (Å²) in [7, 11) is 5.45. The van der Waals surface area contributed by atoms with E-state index in [1.165, 1.54) is 25.3 Å². The van der Waals surface area contributed by atoms with Crippen LogP contribution in [0, 0.1) is 0 Å². The first-order valence-corrected chi connectivity index (χ1v) is 8.06. The van der Waals surface area contributed by atoms with E-state index in [9.17, 15) is 14.7 Å². The van der Waals surface area contributed by atoms with Crippen molar-refractivity contribution in [2.75, 3.05) is 27.7 Å². The molecule has 0 aliphatic carbocycles. The standard InChI is InChI=1S/C17H31NO4/c1-5-6-7-8-9-10-11-12-15(19)17(22,13-16(20)21)14-18(2,3)4/h11-12,22H,5-10,13-14H2,1-4H3/p+1/t17-/m1/s1. The van der Waals surface area contributed by atoms with Crippen molar-refractivity contribution in [2.24, 2.45) is 0 Å². The van der Waals surface area contributed by atoms with Crippen LogP contribution in [-0.4, -0.2) is 59.7 Å². The predicted octanol–water partition coefficient (Wildman–Crippen LogP) is 2.38. The average Bonchev–Trinajstić information content (AvgIpc) is 2.34. The molecule has 0 aliphatic heterocycles. The van der Waals surface area contributed by atoms with Crippen molar-refractivity contribution in [3.05, 3.63) is 12.2 Å². The van der Waals surface area contributed by atoms with Crippen molar-refractivity contribution in [3.63, 3.8) is 0 Å². The molecule has 5 heteroatoms. The Hall–Kier alpha value is -1.20. The summed E-state index contributed by atoms with van der Waals surface area (Å²) in [6.07, 6.45) is 9.07. The number of ketones is 1. The number of carboxylic acid groups (broad SMARTS) is 1. The molecular weight excluding hydrogens is 282 g/mol.